The van der Waals surface area contributed by atoms with E-state index >= 15 is 0 Å². The van der Waals surface area contributed by atoms with E-state index in [2.05, 4.69) is 33.1 Å². The molecule has 3 aromatic carbocycles. The monoisotopic (exact) mass is 560 g/mol. The lowest BCUT2D eigenvalue weighted by Crippen LogP contribution is -2.09. The highest BCUT2D eigenvalue weighted by atomic mass is 35.5. The summed E-state index contributed by atoms with van der Waals surface area (Å²) in [6.07, 6.45) is 0.750. The van der Waals surface area contributed by atoms with Crippen LogP contribution in [0.15, 0.2) is 71.7 Å². The molecule has 1 aromatic heterocycles. The van der Waals surface area contributed by atoms with Crippen molar-refractivity contribution in [2.45, 2.75) is 46.9 Å². The van der Waals surface area contributed by atoms with Crippen LogP contribution in [0.4, 0.5) is 0 Å². The Morgan fingerprint density at radius 1 is 1.07 bits per heavy atom. The maximum atomic E-state index is 8.81. The molecule has 4 aromatic rings. The molecular formula is C31H37ClN6O2. The van der Waals surface area contributed by atoms with Crippen LogP contribution in [-0.2, 0) is 17.9 Å². The van der Waals surface area contributed by atoms with Gasteiger partial charge in [0.05, 0.1) is 11.4 Å². The molecular weight excluding hydrogens is 524 g/mol. The van der Waals surface area contributed by atoms with Gasteiger partial charge in [-0.15, -0.1) is 10.2 Å². The minimum atomic E-state index is -0.160. The second-order valence-corrected chi connectivity index (χ2v) is 9.47. The Balaban J connectivity index is 0.000000569. The Labute approximate surface area is 241 Å². The summed E-state index contributed by atoms with van der Waals surface area (Å²) in [5, 5.41) is 12.3. The largest absolute Gasteiger partial charge is 0.489 e. The van der Waals surface area contributed by atoms with Crippen molar-refractivity contribution in [2.75, 3.05) is 13.6 Å². The summed E-state index contributed by atoms with van der Waals surface area (Å²) in [6, 6.07) is 21.8. The van der Waals surface area contributed by atoms with E-state index in [4.69, 9.17) is 31.9 Å². The summed E-state index contributed by atoms with van der Waals surface area (Å²) >= 11 is 6.14. The maximum Gasteiger partial charge on any atom is 0.162 e. The van der Waals surface area contributed by atoms with Crippen molar-refractivity contribution in [1.29, 1.82) is 0 Å². The average molecular weight is 561 g/mol. The Morgan fingerprint density at radius 2 is 1.75 bits per heavy atom. The zero-order chi connectivity index (χ0) is 29.1. The van der Waals surface area contributed by atoms with Crippen LogP contribution in [0.1, 0.15) is 60.7 Å². The van der Waals surface area contributed by atoms with Crippen molar-refractivity contribution in [1.82, 2.24) is 20.1 Å². The number of carbonyl (C=O) groups excluding carboxylic acids is 1. The molecule has 0 fully saturated rings. The number of ether oxygens (including phenoxy) is 1. The lowest BCUT2D eigenvalue weighted by Gasteiger charge is -2.15. The summed E-state index contributed by atoms with van der Waals surface area (Å²) in [6.45, 7) is 9.53. The van der Waals surface area contributed by atoms with Gasteiger partial charge in [-0.25, -0.2) is 0 Å². The highest BCUT2D eigenvalue weighted by Gasteiger charge is 2.26. The van der Waals surface area contributed by atoms with Crippen LogP contribution in [0.2, 0.25) is 5.02 Å². The van der Waals surface area contributed by atoms with E-state index in [0.717, 1.165) is 63.9 Å². The van der Waals surface area contributed by atoms with Gasteiger partial charge < -0.3 is 20.6 Å². The second-order valence-electron chi connectivity index (χ2n) is 9.04. The van der Waals surface area contributed by atoms with Crippen LogP contribution >= 0.6 is 11.6 Å². The van der Waals surface area contributed by atoms with E-state index in [0.29, 0.717) is 18.2 Å². The third kappa shape index (κ3) is 7.63. The predicted octanol–water partition coefficient (Wildman–Crippen LogP) is 5.61. The van der Waals surface area contributed by atoms with Gasteiger partial charge in [0.25, 0.3) is 0 Å². The van der Waals surface area contributed by atoms with E-state index in [1.807, 2.05) is 81.6 Å². The molecule has 2 heterocycles. The lowest BCUT2D eigenvalue weighted by molar-refractivity contribution is -0.106. The zero-order valence-electron chi connectivity index (χ0n) is 23.7. The summed E-state index contributed by atoms with van der Waals surface area (Å²) in [4.78, 5) is 13.8. The SMILES string of the molecule is CC=O.CCNC.Cc1nnc2n1-c1ccc(OCc3cccc(CN)c3)cc1C(c1ccc(Cl)cc1)=N[C@H]2C. The van der Waals surface area contributed by atoms with Crippen LogP contribution in [0.25, 0.3) is 5.69 Å². The van der Waals surface area contributed by atoms with Crippen molar-refractivity contribution < 1.29 is 9.53 Å². The number of hydrogen-bond acceptors (Lipinski definition) is 7. The first-order chi connectivity index (χ1) is 19.4. The minimum absolute atomic E-state index is 0.160. The molecule has 1 atom stereocenters. The molecule has 1 aliphatic rings. The first-order valence-electron chi connectivity index (χ1n) is 13.2. The molecule has 0 radical (unpaired) electrons. The number of aromatic nitrogens is 3. The zero-order valence-corrected chi connectivity index (χ0v) is 24.4. The van der Waals surface area contributed by atoms with Gasteiger partial charge in [0, 0.05) is 22.7 Å². The predicted molar refractivity (Wildman–Crippen MR) is 162 cm³/mol. The molecule has 40 heavy (non-hydrogen) atoms. The highest BCUT2D eigenvalue weighted by molar-refractivity contribution is 6.30. The number of hydrogen-bond donors (Lipinski definition) is 2. The van der Waals surface area contributed by atoms with Gasteiger partial charge in [-0.3, -0.25) is 9.56 Å². The molecule has 0 bridgehead atoms. The Kier molecular flexibility index (Phi) is 11.6. The number of aliphatic imine (C=N–C) groups is 1. The van der Waals surface area contributed by atoms with E-state index in [1.54, 1.807) is 0 Å². The third-order valence-corrected chi connectivity index (χ3v) is 6.37. The van der Waals surface area contributed by atoms with Crippen molar-refractivity contribution in [3.05, 3.63) is 106 Å². The van der Waals surface area contributed by atoms with Gasteiger partial charge in [-0.05, 0) is 75.8 Å². The molecule has 0 saturated carbocycles. The first kappa shape index (κ1) is 30.7. The lowest BCUT2D eigenvalue weighted by atomic mass is 10.00. The van der Waals surface area contributed by atoms with E-state index in [9.17, 15) is 0 Å². The van der Waals surface area contributed by atoms with Gasteiger partial charge in [0.1, 0.15) is 30.5 Å². The quantitative estimate of drug-likeness (QED) is 0.297. The minimum Gasteiger partial charge on any atom is -0.489 e. The van der Waals surface area contributed by atoms with Crippen LogP contribution in [-0.4, -0.2) is 40.4 Å². The van der Waals surface area contributed by atoms with Crippen LogP contribution in [0, 0.1) is 6.92 Å². The number of aldehydes is 1. The molecule has 9 heteroatoms. The number of fused-ring (bicyclic) bond motifs is 3. The molecule has 5 rings (SSSR count). The molecule has 210 valence electrons. The smallest absolute Gasteiger partial charge is 0.162 e. The molecule has 1 aliphatic heterocycles. The Morgan fingerprint density at radius 3 is 2.40 bits per heavy atom. The summed E-state index contributed by atoms with van der Waals surface area (Å²) in [5.74, 6) is 2.39. The summed E-state index contributed by atoms with van der Waals surface area (Å²) in [5.41, 5.74) is 11.7. The van der Waals surface area contributed by atoms with Crippen molar-refractivity contribution in [3.63, 3.8) is 0 Å². The van der Waals surface area contributed by atoms with Gasteiger partial charge in [0.2, 0.25) is 0 Å². The number of benzene rings is 3. The molecule has 3 N–H and O–H groups in total. The fourth-order valence-corrected chi connectivity index (χ4v) is 4.23. The highest BCUT2D eigenvalue weighted by Crippen LogP contribution is 2.33. The number of carbonyl (C=O) groups is 1. The van der Waals surface area contributed by atoms with Gasteiger partial charge in [-0.1, -0.05) is 54.9 Å². The van der Waals surface area contributed by atoms with E-state index in [1.165, 1.54) is 6.92 Å². The number of nitrogens with two attached hydrogens (primary N) is 1. The van der Waals surface area contributed by atoms with Crippen LogP contribution in [0.3, 0.4) is 0 Å². The summed E-state index contributed by atoms with van der Waals surface area (Å²) < 4.78 is 8.24. The topological polar surface area (TPSA) is 107 Å². The number of halogens is 1. The molecule has 0 saturated heterocycles. The molecule has 0 spiro atoms. The van der Waals surface area contributed by atoms with Crippen LogP contribution in [0.5, 0.6) is 5.75 Å². The number of aryl methyl sites for hydroxylation is 1. The normalized spacial score (nSPS) is 13.3. The number of nitrogens with zero attached hydrogens (tertiary/aromatic N) is 4. The maximum absolute atomic E-state index is 8.81. The average Bonchev–Trinajstić information content (AvgIpc) is 3.31. The van der Waals surface area contributed by atoms with Gasteiger partial charge in [0.15, 0.2) is 5.82 Å². The fraction of sp³-hybridized carbons (Fsp3) is 0.290. The van der Waals surface area contributed by atoms with E-state index < -0.39 is 0 Å². The molecule has 0 unspecified atom stereocenters. The Hall–Kier alpha value is -3.85. The van der Waals surface area contributed by atoms with E-state index in [-0.39, 0.29) is 6.04 Å². The van der Waals surface area contributed by atoms with Crippen molar-refractivity contribution >= 4 is 23.6 Å². The molecule has 8 nitrogen and oxygen atoms in total. The molecule has 0 amide bonds. The first-order valence-corrected chi connectivity index (χ1v) is 13.6. The van der Waals surface area contributed by atoms with Gasteiger partial charge >= 0.3 is 0 Å². The number of rotatable bonds is 6. The third-order valence-electron chi connectivity index (χ3n) is 6.11. The van der Waals surface area contributed by atoms with Crippen molar-refractivity contribution in [3.8, 4) is 11.4 Å². The summed E-state index contributed by atoms with van der Waals surface area (Å²) in [7, 11) is 1.93. The van der Waals surface area contributed by atoms with Gasteiger partial charge in [-0.2, -0.15) is 0 Å². The standard InChI is InChI=1S/C26H24ClN5O.C3H9N.C2H4O/c1-16-26-31-30-17(2)32(26)24-11-10-22(33-15-19-5-3-4-18(12-19)14-28)13-23(24)25(29-16)20-6-8-21(27)9-7-20;1-3-4-2;1-2-3/h3-13,16H,14-15,28H2,1-2H3;4H,3H2,1-2H3;2H,1H3/t16-;;/m0../s1. The molecule has 0 aliphatic carbocycles. The number of nitrogens with one attached hydrogen (secondary N) is 1. The van der Waals surface area contributed by atoms with Crippen molar-refractivity contribution in [2.24, 2.45) is 10.7 Å². The van der Waals surface area contributed by atoms with Crippen LogP contribution < -0.4 is 15.8 Å². The second kappa shape index (κ2) is 15.1. The fourth-order valence-electron chi connectivity index (χ4n) is 4.11. The Bertz CT molecular complexity index is 1430.